The van der Waals surface area contributed by atoms with Crippen LogP contribution in [0.25, 0.3) is 11.5 Å². The molecule has 0 bridgehead atoms. The molecule has 0 aliphatic rings. The molecule has 0 saturated carbocycles. The van der Waals surface area contributed by atoms with Crippen LogP contribution in [0.5, 0.6) is 0 Å². The summed E-state index contributed by atoms with van der Waals surface area (Å²) in [5.41, 5.74) is 0.930. The highest BCUT2D eigenvalue weighted by molar-refractivity contribution is 7.90. The normalized spacial score (nSPS) is 11.4. The van der Waals surface area contributed by atoms with Crippen molar-refractivity contribution in [3.05, 3.63) is 34.8 Å². The zero-order valence-electron chi connectivity index (χ0n) is 12.5. The number of anilines is 1. The first-order valence-electron chi connectivity index (χ1n) is 6.59. The molecule has 11 heteroatoms. The van der Waals surface area contributed by atoms with Crippen LogP contribution < -0.4 is 5.32 Å². The third kappa shape index (κ3) is 3.31. The second-order valence-corrected chi connectivity index (χ2v) is 7.62. The number of hydrogen-bond acceptors (Lipinski definition) is 9. The van der Waals surface area contributed by atoms with Gasteiger partial charge in [-0.25, -0.2) is 8.42 Å². The number of nitrogens with zero attached hydrogens (tertiary/aromatic N) is 4. The van der Waals surface area contributed by atoms with E-state index in [-0.39, 0.29) is 16.8 Å². The molecule has 3 rings (SSSR count). The van der Waals surface area contributed by atoms with Crippen LogP contribution in [-0.4, -0.2) is 40.4 Å². The molecule has 0 radical (unpaired) electrons. The summed E-state index contributed by atoms with van der Waals surface area (Å²) in [4.78, 5) is 12.5. The fourth-order valence-electron chi connectivity index (χ4n) is 1.84. The first-order chi connectivity index (χ1) is 11.3. The number of carbonyl (C=O) groups is 1. The Labute approximate surface area is 140 Å². The van der Waals surface area contributed by atoms with Gasteiger partial charge in [-0.2, -0.15) is 0 Å². The number of nitrogens with one attached hydrogen (secondary N) is 1. The van der Waals surface area contributed by atoms with Gasteiger partial charge in [0.25, 0.3) is 5.91 Å². The summed E-state index contributed by atoms with van der Waals surface area (Å²) in [6.45, 7) is 1.66. The Kier molecular flexibility index (Phi) is 4.11. The molecule has 1 aromatic carbocycles. The zero-order valence-corrected chi connectivity index (χ0v) is 14.2. The van der Waals surface area contributed by atoms with Crippen LogP contribution in [-0.2, 0) is 9.84 Å². The summed E-state index contributed by atoms with van der Waals surface area (Å²) in [5.74, 6) is -0.363. The van der Waals surface area contributed by atoms with E-state index in [2.05, 4.69) is 25.1 Å². The van der Waals surface area contributed by atoms with E-state index in [9.17, 15) is 13.2 Å². The lowest BCUT2D eigenvalue weighted by molar-refractivity contribution is 0.102. The van der Waals surface area contributed by atoms with Gasteiger partial charge in [-0.05, 0) is 36.7 Å². The van der Waals surface area contributed by atoms with Crippen LogP contribution >= 0.6 is 11.5 Å². The first-order valence-corrected chi connectivity index (χ1v) is 9.25. The van der Waals surface area contributed by atoms with Crippen molar-refractivity contribution >= 4 is 33.3 Å². The summed E-state index contributed by atoms with van der Waals surface area (Å²) in [6, 6.07) is 5.99. The van der Waals surface area contributed by atoms with E-state index in [0.29, 0.717) is 16.1 Å². The molecule has 9 nitrogen and oxygen atoms in total. The quantitative estimate of drug-likeness (QED) is 0.737. The minimum absolute atomic E-state index is 0.0925. The largest absolute Gasteiger partial charge is 0.403 e. The van der Waals surface area contributed by atoms with Gasteiger partial charge in [-0.3, -0.25) is 10.1 Å². The number of rotatable bonds is 4. The Morgan fingerprint density at radius 3 is 2.71 bits per heavy atom. The molecule has 0 unspecified atom stereocenters. The van der Waals surface area contributed by atoms with Crippen molar-refractivity contribution in [1.82, 2.24) is 19.8 Å². The topological polar surface area (TPSA) is 128 Å². The Bertz CT molecular complexity index is 1010. The van der Waals surface area contributed by atoms with Gasteiger partial charge in [0.05, 0.1) is 10.6 Å². The molecule has 0 aliphatic heterocycles. The molecule has 0 fully saturated rings. The van der Waals surface area contributed by atoms with Crippen LogP contribution in [0.4, 0.5) is 6.01 Å². The average Bonchev–Trinajstić information content (AvgIpc) is 3.15. The third-order valence-electron chi connectivity index (χ3n) is 3.01. The molecule has 2 heterocycles. The van der Waals surface area contributed by atoms with Gasteiger partial charge in [0.1, 0.15) is 4.88 Å². The molecule has 3 aromatic rings. The van der Waals surface area contributed by atoms with E-state index in [4.69, 9.17) is 4.42 Å². The molecule has 0 spiro atoms. The van der Waals surface area contributed by atoms with Gasteiger partial charge in [0.15, 0.2) is 9.84 Å². The third-order valence-corrected chi connectivity index (χ3v) is 4.95. The van der Waals surface area contributed by atoms with E-state index in [1.54, 1.807) is 19.1 Å². The second kappa shape index (κ2) is 6.09. The number of sulfone groups is 1. The van der Waals surface area contributed by atoms with Gasteiger partial charge in [0, 0.05) is 11.8 Å². The highest BCUT2D eigenvalue weighted by Crippen LogP contribution is 2.23. The Morgan fingerprint density at radius 2 is 2.04 bits per heavy atom. The Balaban J connectivity index is 1.84. The molecule has 124 valence electrons. The predicted octanol–water partition coefficient (Wildman–Crippen LogP) is 1.55. The number of aryl methyl sites for hydroxylation is 1. The van der Waals surface area contributed by atoms with Gasteiger partial charge < -0.3 is 4.42 Å². The molecule has 0 saturated heterocycles. The molecule has 24 heavy (non-hydrogen) atoms. The van der Waals surface area contributed by atoms with Crippen molar-refractivity contribution in [2.24, 2.45) is 0 Å². The summed E-state index contributed by atoms with van der Waals surface area (Å²) in [6.07, 6.45) is 1.11. The van der Waals surface area contributed by atoms with Crippen molar-refractivity contribution in [3.63, 3.8) is 0 Å². The SMILES string of the molecule is Cc1nnsc1C(=O)Nc1nnc(-c2cccc(S(C)(=O)=O)c2)o1. The first kappa shape index (κ1) is 16.2. The molecule has 0 aliphatic carbocycles. The highest BCUT2D eigenvalue weighted by atomic mass is 32.2. The Hall–Kier alpha value is -2.66. The van der Waals surface area contributed by atoms with Crippen molar-refractivity contribution in [3.8, 4) is 11.5 Å². The van der Waals surface area contributed by atoms with Gasteiger partial charge >= 0.3 is 6.01 Å². The lowest BCUT2D eigenvalue weighted by Gasteiger charge is -2.00. The van der Waals surface area contributed by atoms with Gasteiger partial charge in [0.2, 0.25) is 5.89 Å². The maximum Gasteiger partial charge on any atom is 0.322 e. The van der Waals surface area contributed by atoms with Crippen molar-refractivity contribution in [1.29, 1.82) is 0 Å². The smallest absolute Gasteiger partial charge is 0.322 e. The van der Waals surface area contributed by atoms with Crippen LogP contribution in [0.2, 0.25) is 0 Å². The van der Waals surface area contributed by atoms with Crippen LogP contribution in [0, 0.1) is 6.92 Å². The molecule has 2 aromatic heterocycles. The van der Waals surface area contributed by atoms with Crippen LogP contribution in [0.15, 0.2) is 33.6 Å². The summed E-state index contributed by atoms with van der Waals surface area (Å²) in [7, 11) is -3.35. The van der Waals surface area contributed by atoms with Crippen molar-refractivity contribution in [2.45, 2.75) is 11.8 Å². The maximum atomic E-state index is 12.0. The monoisotopic (exact) mass is 365 g/mol. The molecule has 0 atom stereocenters. The second-order valence-electron chi connectivity index (χ2n) is 4.85. The minimum atomic E-state index is -3.35. The van der Waals surface area contributed by atoms with Gasteiger partial charge in [-0.1, -0.05) is 15.7 Å². The number of benzene rings is 1. The van der Waals surface area contributed by atoms with Crippen LogP contribution in [0.1, 0.15) is 15.4 Å². The molecular formula is C13H11N5O4S2. The van der Waals surface area contributed by atoms with Crippen molar-refractivity contribution < 1.29 is 17.6 Å². The van der Waals surface area contributed by atoms with Crippen molar-refractivity contribution in [2.75, 3.05) is 11.6 Å². The zero-order chi connectivity index (χ0) is 17.3. The number of amides is 1. The minimum Gasteiger partial charge on any atom is -0.403 e. The summed E-state index contributed by atoms with van der Waals surface area (Å²) < 4.78 is 32.2. The Morgan fingerprint density at radius 1 is 1.25 bits per heavy atom. The fraction of sp³-hybridized carbons (Fsp3) is 0.154. The standard InChI is InChI=1S/C13H11N5O4S2/c1-7-10(23-18-15-7)11(19)14-13-17-16-12(22-13)8-4-3-5-9(6-8)24(2,20)21/h3-6H,1-2H3,(H,14,17,19). The lowest BCUT2D eigenvalue weighted by Crippen LogP contribution is -2.11. The molecule has 1 amide bonds. The molecule has 1 N–H and O–H groups in total. The number of aromatic nitrogens is 4. The highest BCUT2D eigenvalue weighted by Gasteiger charge is 2.17. The number of hydrogen-bond donors (Lipinski definition) is 1. The molecular weight excluding hydrogens is 354 g/mol. The van der Waals surface area contributed by atoms with Gasteiger partial charge in [-0.15, -0.1) is 10.2 Å². The van der Waals surface area contributed by atoms with E-state index < -0.39 is 15.7 Å². The van der Waals surface area contributed by atoms with E-state index >= 15 is 0 Å². The van der Waals surface area contributed by atoms with E-state index in [0.717, 1.165) is 17.8 Å². The lowest BCUT2D eigenvalue weighted by atomic mass is 10.2. The summed E-state index contributed by atoms with van der Waals surface area (Å²) >= 11 is 0.955. The average molecular weight is 365 g/mol. The van der Waals surface area contributed by atoms with Crippen LogP contribution in [0.3, 0.4) is 0 Å². The number of carbonyl (C=O) groups excluding carboxylic acids is 1. The predicted molar refractivity (Wildman–Crippen MR) is 85.4 cm³/mol. The fourth-order valence-corrected chi connectivity index (χ4v) is 3.06. The van der Waals surface area contributed by atoms with E-state index in [1.165, 1.54) is 12.1 Å². The maximum absolute atomic E-state index is 12.0. The summed E-state index contributed by atoms with van der Waals surface area (Å²) in [5, 5.41) is 13.7. The van der Waals surface area contributed by atoms with E-state index in [1.807, 2.05) is 0 Å².